The lowest BCUT2D eigenvalue weighted by Crippen LogP contribution is -1.92. The molecule has 0 atom stereocenters. The van der Waals surface area contributed by atoms with E-state index in [1.807, 2.05) is 0 Å². The van der Waals surface area contributed by atoms with Crippen LogP contribution < -0.4 is 0 Å². The summed E-state index contributed by atoms with van der Waals surface area (Å²) in [5.74, 6) is -0.911. The summed E-state index contributed by atoms with van der Waals surface area (Å²) in [5.41, 5.74) is 0.0521. The molecule has 76 valence electrons. The average Bonchev–Trinajstić information content (AvgIpc) is 2.22. The minimum atomic E-state index is -0.547. The van der Waals surface area contributed by atoms with Gasteiger partial charge in [0.2, 0.25) is 0 Å². The minimum Gasteiger partial charge on any atom is -0.236 e. The predicted molar refractivity (Wildman–Crippen MR) is 55.1 cm³/mol. The van der Waals surface area contributed by atoms with E-state index in [-0.39, 0.29) is 11.4 Å². The van der Waals surface area contributed by atoms with Crippen LogP contribution in [0.4, 0.5) is 8.78 Å². The van der Waals surface area contributed by atoms with Crippen molar-refractivity contribution in [1.29, 1.82) is 0 Å². The van der Waals surface area contributed by atoms with Crippen LogP contribution in [0.3, 0.4) is 0 Å². The smallest absolute Gasteiger partial charge is 0.163 e. The summed E-state index contributed by atoms with van der Waals surface area (Å²) in [7, 11) is 0. The van der Waals surface area contributed by atoms with Crippen molar-refractivity contribution in [1.82, 2.24) is 9.97 Å². The van der Waals surface area contributed by atoms with Crippen LogP contribution >= 0.6 is 15.9 Å². The van der Waals surface area contributed by atoms with Crippen molar-refractivity contribution in [2.24, 2.45) is 0 Å². The van der Waals surface area contributed by atoms with Crippen LogP contribution in [0.5, 0.6) is 0 Å². The Kier molecular flexibility index (Phi) is 2.73. The Morgan fingerprint density at radius 2 is 1.93 bits per heavy atom. The van der Waals surface area contributed by atoms with Crippen molar-refractivity contribution in [2.45, 2.75) is 0 Å². The second kappa shape index (κ2) is 4.02. The fourth-order valence-corrected chi connectivity index (χ4v) is 1.42. The Bertz CT molecular complexity index is 503. The number of aromatic nitrogens is 2. The summed E-state index contributed by atoms with van der Waals surface area (Å²) in [5, 5.41) is 0. The van der Waals surface area contributed by atoms with Crippen molar-refractivity contribution in [3.8, 4) is 11.4 Å². The maximum absolute atomic E-state index is 13.3. The number of nitrogens with zero attached hydrogens (tertiary/aromatic N) is 2. The van der Waals surface area contributed by atoms with Crippen molar-refractivity contribution in [3.63, 3.8) is 0 Å². The molecule has 5 heteroatoms. The van der Waals surface area contributed by atoms with Gasteiger partial charge in [0.15, 0.2) is 5.82 Å². The van der Waals surface area contributed by atoms with Crippen molar-refractivity contribution in [2.75, 3.05) is 0 Å². The van der Waals surface area contributed by atoms with E-state index in [1.54, 1.807) is 6.07 Å². The highest BCUT2D eigenvalue weighted by Gasteiger charge is 2.09. The first kappa shape index (κ1) is 10.2. The lowest BCUT2D eigenvalue weighted by Gasteiger charge is -2.01. The van der Waals surface area contributed by atoms with Gasteiger partial charge in [-0.1, -0.05) is 0 Å². The molecular formula is C10H5BrF2N2. The zero-order valence-corrected chi connectivity index (χ0v) is 9.00. The molecule has 0 aliphatic heterocycles. The Morgan fingerprint density at radius 1 is 1.13 bits per heavy atom. The number of hydrogen-bond donors (Lipinski definition) is 0. The van der Waals surface area contributed by atoms with E-state index in [2.05, 4.69) is 25.9 Å². The third-order valence-corrected chi connectivity index (χ3v) is 2.23. The average molecular weight is 271 g/mol. The van der Waals surface area contributed by atoms with Crippen LogP contribution in [0.2, 0.25) is 0 Å². The first-order valence-corrected chi connectivity index (χ1v) is 4.90. The van der Waals surface area contributed by atoms with Crippen LogP contribution in [0.1, 0.15) is 0 Å². The van der Waals surface area contributed by atoms with Gasteiger partial charge in [-0.15, -0.1) is 0 Å². The van der Waals surface area contributed by atoms with Crippen LogP contribution in [-0.4, -0.2) is 9.97 Å². The highest BCUT2D eigenvalue weighted by molar-refractivity contribution is 9.10. The first-order valence-electron chi connectivity index (χ1n) is 4.11. The second-order valence-corrected chi connectivity index (χ2v) is 3.64. The molecule has 0 fully saturated rings. The number of benzene rings is 1. The van der Waals surface area contributed by atoms with E-state index >= 15 is 0 Å². The van der Waals surface area contributed by atoms with E-state index in [9.17, 15) is 8.78 Å². The maximum Gasteiger partial charge on any atom is 0.163 e. The molecular weight excluding hydrogens is 266 g/mol. The monoisotopic (exact) mass is 270 g/mol. The molecule has 0 unspecified atom stereocenters. The van der Waals surface area contributed by atoms with E-state index in [0.29, 0.717) is 4.60 Å². The summed E-state index contributed by atoms with van der Waals surface area (Å²) in [4.78, 5) is 7.81. The lowest BCUT2D eigenvalue weighted by molar-refractivity contribution is 0.602. The fourth-order valence-electron chi connectivity index (χ4n) is 1.14. The topological polar surface area (TPSA) is 25.8 Å². The fraction of sp³-hybridized carbons (Fsp3) is 0. The molecule has 0 bridgehead atoms. The van der Waals surface area contributed by atoms with Crippen LogP contribution in [0, 0.1) is 11.6 Å². The summed E-state index contributed by atoms with van der Waals surface area (Å²) < 4.78 is 26.7. The summed E-state index contributed by atoms with van der Waals surface area (Å²) in [6.45, 7) is 0. The normalized spacial score (nSPS) is 10.3. The Labute approximate surface area is 93.1 Å². The van der Waals surface area contributed by atoms with E-state index < -0.39 is 11.6 Å². The molecule has 0 radical (unpaired) electrons. The molecule has 15 heavy (non-hydrogen) atoms. The molecule has 0 amide bonds. The van der Waals surface area contributed by atoms with Gasteiger partial charge in [-0.3, -0.25) is 0 Å². The number of halogens is 3. The molecule has 0 saturated heterocycles. The van der Waals surface area contributed by atoms with Gasteiger partial charge in [0.1, 0.15) is 16.2 Å². The molecule has 1 aromatic carbocycles. The van der Waals surface area contributed by atoms with Gasteiger partial charge in [-0.25, -0.2) is 18.7 Å². The Hall–Kier alpha value is -1.36. The van der Waals surface area contributed by atoms with Gasteiger partial charge < -0.3 is 0 Å². The highest BCUT2D eigenvalue weighted by Crippen LogP contribution is 2.21. The van der Waals surface area contributed by atoms with Gasteiger partial charge >= 0.3 is 0 Å². The number of rotatable bonds is 1. The SMILES string of the molecule is Fc1ccc(F)c(-c2nccc(Br)n2)c1. The van der Waals surface area contributed by atoms with Gasteiger partial charge in [0, 0.05) is 6.20 Å². The molecule has 1 aromatic heterocycles. The molecule has 1 heterocycles. The molecule has 0 aliphatic rings. The van der Waals surface area contributed by atoms with Gasteiger partial charge in [-0.2, -0.15) is 0 Å². The van der Waals surface area contributed by atoms with E-state index in [0.717, 1.165) is 18.2 Å². The Balaban J connectivity index is 2.58. The molecule has 0 N–H and O–H groups in total. The largest absolute Gasteiger partial charge is 0.236 e. The van der Waals surface area contributed by atoms with Gasteiger partial charge in [0.25, 0.3) is 0 Å². The van der Waals surface area contributed by atoms with Crippen molar-refractivity contribution >= 4 is 15.9 Å². The molecule has 2 aromatic rings. The molecule has 0 aliphatic carbocycles. The van der Waals surface area contributed by atoms with E-state index in [1.165, 1.54) is 6.20 Å². The molecule has 2 rings (SSSR count). The van der Waals surface area contributed by atoms with Crippen LogP contribution in [-0.2, 0) is 0 Å². The second-order valence-electron chi connectivity index (χ2n) is 2.83. The lowest BCUT2D eigenvalue weighted by atomic mass is 10.2. The van der Waals surface area contributed by atoms with Crippen molar-refractivity contribution < 1.29 is 8.78 Å². The predicted octanol–water partition coefficient (Wildman–Crippen LogP) is 3.18. The molecule has 0 spiro atoms. The van der Waals surface area contributed by atoms with E-state index in [4.69, 9.17) is 0 Å². The standard InChI is InChI=1S/C10H5BrF2N2/c11-9-3-4-14-10(15-9)7-5-6(12)1-2-8(7)13/h1-5H. The van der Waals surface area contributed by atoms with Gasteiger partial charge in [-0.05, 0) is 40.2 Å². The summed E-state index contributed by atoms with van der Waals surface area (Å²) in [6, 6.07) is 4.78. The maximum atomic E-state index is 13.3. The number of hydrogen-bond acceptors (Lipinski definition) is 2. The van der Waals surface area contributed by atoms with Crippen LogP contribution in [0.15, 0.2) is 35.1 Å². The molecule has 0 saturated carbocycles. The molecule has 2 nitrogen and oxygen atoms in total. The zero-order valence-electron chi connectivity index (χ0n) is 7.42. The van der Waals surface area contributed by atoms with Gasteiger partial charge in [0.05, 0.1) is 5.56 Å². The van der Waals surface area contributed by atoms with Crippen molar-refractivity contribution in [3.05, 3.63) is 46.7 Å². The summed E-state index contributed by atoms with van der Waals surface area (Å²) >= 11 is 3.14. The zero-order chi connectivity index (χ0) is 10.8. The first-order chi connectivity index (χ1) is 7.16. The third kappa shape index (κ3) is 2.18. The summed E-state index contributed by atoms with van der Waals surface area (Å²) in [6.07, 6.45) is 1.47. The Morgan fingerprint density at radius 3 is 2.67 bits per heavy atom. The highest BCUT2D eigenvalue weighted by atomic mass is 79.9. The minimum absolute atomic E-state index is 0.0521. The third-order valence-electron chi connectivity index (χ3n) is 1.79. The quantitative estimate of drug-likeness (QED) is 0.744. The van der Waals surface area contributed by atoms with Crippen LogP contribution in [0.25, 0.3) is 11.4 Å².